The third kappa shape index (κ3) is 7.73. The zero-order chi connectivity index (χ0) is 16.0. The van der Waals surface area contributed by atoms with Crippen molar-refractivity contribution in [1.82, 2.24) is 4.98 Å². The fourth-order valence-electron chi connectivity index (χ4n) is 1.55. The van der Waals surface area contributed by atoms with E-state index in [2.05, 4.69) is 42.2 Å². The molecule has 0 unspecified atom stereocenters. The van der Waals surface area contributed by atoms with E-state index in [-0.39, 0.29) is 0 Å². The fraction of sp³-hybridized carbons (Fsp3) is 0.421. The van der Waals surface area contributed by atoms with Gasteiger partial charge in [-0.25, -0.2) is 0 Å². The summed E-state index contributed by atoms with van der Waals surface area (Å²) < 4.78 is 0. The lowest BCUT2D eigenvalue weighted by Gasteiger charge is -2.03. The van der Waals surface area contributed by atoms with Gasteiger partial charge in [-0.2, -0.15) is 0 Å². The summed E-state index contributed by atoms with van der Waals surface area (Å²) in [5.41, 5.74) is 4.85. The Morgan fingerprint density at radius 3 is 1.75 bits per heavy atom. The molecule has 112 valence electrons. The Bertz CT molecular complexity index is 404. The minimum Gasteiger partial charge on any atom is -0.262 e. The van der Waals surface area contributed by atoms with Crippen LogP contribution in [0.15, 0.2) is 42.6 Å². The van der Waals surface area contributed by atoms with E-state index in [9.17, 15) is 0 Å². The highest BCUT2D eigenvalue weighted by Gasteiger charge is 1.97. The van der Waals surface area contributed by atoms with Gasteiger partial charge < -0.3 is 0 Å². The van der Waals surface area contributed by atoms with Crippen molar-refractivity contribution in [3.63, 3.8) is 0 Å². The molecule has 0 saturated heterocycles. The molecule has 0 aliphatic rings. The average molecular weight is 273 g/mol. The van der Waals surface area contributed by atoms with Gasteiger partial charge in [0.25, 0.3) is 0 Å². The van der Waals surface area contributed by atoms with Crippen LogP contribution in [0.4, 0.5) is 0 Å². The summed E-state index contributed by atoms with van der Waals surface area (Å²) in [5.74, 6) is 0. The smallest absolute Gasteiger partial charge is 0.0378 e. The molecule has 0 saturated carbocycles. The zero-order valence-electron chi connectivity index (χ0n) is 14.5. The minimum absolute atomic E-state index is 1.06. The van der Waals surface area contributed by atoms with Crippen molar-refractivity contribution in [2.45, 2.75) is 55.4 Å². The van der Waals surface area contributed by atoms with Crippen LogP contribution in [0.3, 0.4) is 0 Å². The highest BCUT2D eigenvalue weighted by atomic mass is 14.6. The molecular formula is C19H31N. The summed E-state index contributed by atoms with van der Waals surface area (Å²) in [6, 6.07) is 12.7. The zero-order valence-corrected chi connectivity index (χ0v) is 14.5. The minimum atomic E-state index is 1.06. The van der Waals surface area contributed by atoms with Crippen molar-refractivity contribution in [1.29, 1.82) is 0 Å². The number of rotatable bonds is 1. The molecule has 2 rings (SSSR count). The highest BCUT2D eigenvalue weighted by Crippen LogP contribution is 2.19. The first-order valence-corrected chi connectivity index (χ1v) is 7.75. The molecule has 1 heterocycles. The predicted molar refractivity (Wildman–Crippen MR) is 93.2 cm³/mol. The van der Waals surface area contributed by atoms with Gasteiger partial charge in [0.15, 0.2) is 0 Å². The van der Waals surface area contributed by atoms with Gasteiger partial charge in [0.1, 0.15) is 0 Å². The Morgan fingerprint density at radius 2 is 1.25 bits per heavy atom. The van der Waals surface area contributed by atoms with E-state index in [1.807, 2.05) is 60.7 Å². The number of aryl methyl sites for hydroxylation is 2. The number of pyridine rings is 1. The van der Waals surface area contributed by atoms with Crippen molar-refractivity contribution >= 4 is 0 Å². The second-order valence-electron chi connectivity index (χ2n) is 3.56. The molecule has 2 aromatic rings. The Morgan fingerprint density at radius 1 is 0.700 bits per heavy atom. The molecule has 0 N–H and O–H groups in total. The molecule has 1 aromatic heterocycles. The maximum atomic E-state index is 4.19. The second-order valence-corrected chi connectivity index (χ2v) is 3.56. The van der Waals surface area contributed by atoms with E-state index in [0.29, 0.717) is 0 Å². The Hall–Kier alpha value is -1.63. The van der Waals surface area contributed by atoms with Crippen molar-refractivity contribution in [3.05, 3.63) is 53.9 Å². The molecule has 0 radical (unpaired) electrons. The van der Waals surface area contributed by atoms with Gasteiger partial charge in [-0.1, -0.05) is 71.4 Å². The summed E-state index contributed by atoms with van der Waals surface area (Å²) in [4.78, 5) is 4.19. The normalized spacial score (nSPS) is 8.00. The van der Waals surface area contributed by atoms with Crippen LogP contribution in [-0.2, 0) is 0 Å². The third-order valence-corrected chi connectivity index (χ3v) is 2.25. The number of hydrogen-bond acceptors (Lipinski definition) is 1. The molecule has 0 aliphatic carbocycles. The number of hydrogen-bond donors (Lipinski definition) is 0. The molecule has 0 spiro atoms. The molecule has 1 heteroatoms. The maximum absolute atomic E-state index is 4.19. The lowest BCUT2D eigenvalue weighted by molar-refractivity contribution is 1.20. The molecule has 1 aromatic carbocycles. The summed E-state index contributed by atoms with van der Waals surface area (Å²) in [7, 11) is 0. The van der Waals surface area contributed by atoms with Crippen LogP contribution in [0.5, 0.6) is 0 Å². The van der Waals surface area contributed by atoms with Crippen LogP contribution in [0, 0.1) is 13.8 Å². The van der Waals surface area contributed by atoms with Crippen molar-refractivity contribution in [2.75, 3.05) is 0 Å². The van der Waals surface area contributed by atoms with Gasteiger partial charge >= 0.3 is 0 Å². The largest absolute Gasteiger partial charge is 0.262 e. The second kappa shape index (κ2) is 13.8. The Balaban J connectivity index is 0. The lowest BCUT2D eigenvalue weighted by atomic mass is 10.0. The highest BCUT2D eigenvalue weighted by molar-refractivity contribution is 5.63. The SMILES string of the molecule is CC.CC.CC.Cc1cccc(-c2ccnc(C)c2)c1. The molecule has 0 atom stereocenters. The summed E-state index contributed by atoms with van der Waals surface area (Å²) in [5, 5.41) is 0. The van der Waals surface area contributed by atoms with E-state index < -0.39 is 0 Å². The number of nitrogens with zero attached hydrogens (tertiary/aromatic N) is 1. The molecule has 1 nitrogen and oxygen atoms in total. The Kier molecular flexibility index (Phi) is 14.3. The first kappa shape index (κ1) is 20.7. The van der Waals surface area contributed by atoms with Crippen LogP contribution in [0.1, 0.15) is 52.8 Å². The molecule has 0 aliphatic heterocycles. The van der Waals surface area contributed by atoms with Gasteiger partial charge in [-0.15, -0.1) is 0 Å². The van der Waals surface area contributed by atoms with E-state index in [1.165, 1.54) is 16.7 Å². The third-order valence-electron chi connectivity index (χ3n) is 2.25. The molecular weight excluding hydrogens is 242 g/mol. The fourth-order valence-corrected chi connectivity index (χ4v) is 1.55. The molecule has 0 fully saturated rings. The standard InChI is InChI=1S/C13H13N.3C2H6/c1-10-4-3-5-12(8-10)13-6-7-14-11(2)9-13;3*1-2/h3-9H,1-2H3;3*1-2H3. The van der Waals surface area contributed by atoms with Crippen LogP contribution in [-0.4, -0.2) is 4.98 Å². The van der Waals surface area contributed by atoms with Gasteiger partial charge in [-0.3, -0.25) is 4.98 Å². The van der Waals surface area contributed by atoms with Gasteiger partial charge in [0, 0.05) is 11.9 Å². The number of benzene rings is 1. The van der Waals surface area contributed by atoms with Gasteiger partial charge in [-0.05, 0) is 37.1 Å². The van der Waals surface area contributed by atoms with Crippen LogP contribution in [0.2, 0.25) is 0 Å². The van der Waals surface area contributed by atoms with Crippen molar-refractivity contribution < 1.29 is 0 Å². The van der Waals surface area contributed by atoms with E-state index in [1.54, 1.807) is 0 Å². The molecule has 0 amide bonds. The van der Waals surface area contributed by atoms with Crippen molar-refractivity contribution in [2.24, 2.45) is 0 Å². The van der Waals surface area contributed by atoms with Crippen LogP contribution < -0.4 is 0 Å². The van der Waals surface area contributed by atoms with Gasteiger partial charge in [0.2, 0.25) is 0 Å². The Labute approximate surface area is 126 Å². The monoisotopic (exact) mass is 273 g/mol. The first-order chi connectivity index (χ1) is 9.75. The summed E-state index contributed by atoms with van der Waals surface area (Å²) >= 11 is 0. The predicted octanol–water partition coefficient (Wildman–Crippen LogP) is 6.44. The van der Waals surface area contributed by atoms with E-state index in [4.69, 9.17) is 0 Å². The topological polar surface area (TPSA) is 12.9 Å². The van der Waals surface area contributed by atoms with E-state index >= 15 is 0 Å². The van der Waals surface area contributed by atoms with E-state index in [0.717, 1.165) is 5.69 Å². The molecule has 20 heavy (non-hydrogen) atoms. The maximum Gasteiger partial charge on any atom is 0.0378 e. The first-order valence-electron chi connectivity index (χ1n) is 7.75. The lowest BCUT2D eigenvalue weighted by Crippen LogP contribution is -1.83. The van der Waals surface area contributed by atoms with Crippen LogP contribution >= 0.6 is 0 Å². The summed E-state index contributed by atoms with van der Waals surface area (Å²) in [6.45, 7) is 16.1. The van der Waals surface area contributed by atoms with Crippen molar-refractivity contribution in [3.8, 4) is 11.1 Å². The quantitative estimate of drug-likeness (QED) is 0.582. The molecule has 0 bridgehead atoms. The average Bonchev–Trinajstić information content (AvgIpc) is 2.53. The summed E-state index contributed by atoms with van der Waals surface area (Å²) in [6.07, 6.45) is 1.85. The van der Waals surface area contributed by atoms with Crippen LogP contribution in [0.25, 0.3) is 11.1 Å². The van der Waals surface area contributed by atoms with Gasteiger partial charge in [0.05, 0.1) is 0 Å². The number of aromatic nitrogens is 1.